The van der Waals surface area contributed by atoms with Crippen LogP contribution in [0.3, 0.4) is 0 Å². The van der Waals surface area contributed by atoms with Crippen LogP contribution in [0.25, 0.3) is 10.8 Å². The van der Waals surface area contributed by atoms with E-state index >= 15 is 0 Å². The number of benzene rings is 4. The summed E-state index contributed by atoms with van der Waals surface area (Å²) in [5.41, 5.74) is 2.68. The Morgan fingerprint density at radius 3 is 2.32 bits per heavy atom. The number of fused-ring (bicyclic) bond motifs is 1. The summed E-state index contributed by atoms with van der Waals surface area (Å²) >= 11 is 2.13. The Bertz CT molecular complexity index is 1380. The Kier molecular flexibility index (Phi) is 5.97. The van der Waals surface area contributed by atoms with Gasteiger partial charge < -0.3 is 5.32 Å². The van der Waals surface area contributed by atoms with E-state index in [0.717, 1.165) is 19.9 Å². The third kappa shape index (κ3) is 4.72. The maximum Gasteiger partial charge on any atom is 0.261 e. The second-order valence-corrected chi connectivity index (χ2v) is 9.94. The number of aryl methyl sites for hydroxylation is 1. The monoisotopic (exact) mass is 542 g/mol. The van der Waals surface area contributed by atoms with Gasteiger partial charge in [0, 0.05) is 14.6 Å². The molecule has 2 N–H and O–H groups in total. The summed E-state index contributed by atoms with van der Waals surface area (Å²) in [6.07, 6.45) is 0. The van der Waals surface area contributed by atoms with Crippen molar-refractivity contribution < 1.29 is 13.2 Å². The molecule has 5 nitrogen and oxygen atoms in total. The Labute approximate surface area is 194 Å². The topological polar surface area (TPSA) is 75.3 Å². The average Bonchev–Trinajstić information content (AvgIpc) is 2.74. The Hall–Kier alpha value is -2.91. The third-order valence-corrected chi connectivity index (χ3v) is 7.10. The highest BCUT2D eigenvalue weighted by molar-refractivity contribution is 14.1. The van der Waals surface area contributed by atoms with Crippen LogP contribution in [0.1, 0.15) is 15.9 Å². The Morgan fingerprint density at radius 1 is 0.871 bits per heavy atom. The number of amides is 1. The molecule has 0 aliphatic heterocycles. The van der Waals surface area contributed by atoms with Crippen LogP contribution in [-0.4, -0.2) is 14.3 Å². The molecule has 0 aromatic heterocycles. The molecule has 4 aromatic carbocycles. The van der Waals surface area contributed by atoms with Crippen LogP contribution < -0.4 is 10.0 Å². The lowest BCUT2D eigenvalue weighted by molar-refractivity contribution is 0.102. The number of anilines is 2. The van der Waals surface area contributed by atoms with E-state index in [0.29, 0.717) is 16.9 Å². The first-order valence-electron chi connectivity index (χ1n) is 9.52. The van der Waals surface area contributed by atoms with E-state index in [2.05, 4.69) is 32.6 Å². The minimum Gasteiger partial charge on any atom is -0.322 e. The summed E-state index contributed by atoms with van der Waals surface area (Å²) in [4.78, 5) is 12.7. The highest BCUT2D eigenvalue weighted by atomic mass is 127. The zero-order chi connectivity index (χ0) is 22.0. The van der Waals surface area contributed by atoms with Gasteiger partial charge in [0.05, 0.1) is 16.1 Å². The van der Waals surface area contributed by atoms with E-state index in [1.807, 2.05) is 55.5 Å². The van der Waals surface area contributed by atoms with Crippen molar-refractivity contribution in [3.05, 3.63) is 99.6 Å². The first-order valence-corrected chi connectivity index (χ1v) is 12.1. The number of sulfonamides is 1. The molecule has 0 aliphatic rings. The molecular weight excluding hydrogens is 523 g/mol. The molecular formula is C24H19IN2O3S. The van der Waals surface area contributed by atoms with Crippen LogP contribution in [0, 0.1) is 10.5 Å². The van der Waals surface area contributed by atoms with Gasteiger partial charge in [-0.3, -0.25) is 9.52 Å². The fraction of sp³-hybridized carbons (Fsp3) is 0.0417. The summed E-state index contributed by atoms with van der Waals surface area (Å²) < 4.78 is 29.3. The lowest BCUT2D eigenvalue weighted by atomic mass is 10.1. The second-order valence-electron chi connectivity index (χ2n) is 7.09. The first-order chi connectivity index (χ1) is 14.8. The summed E-state index contributed by atoms with van der Waals surface area (Å²) in [6, 6.07) is 24.8. The fourth-order valence-corrected chi connectivity index (χ4v) is 5.23. The molecule has 0 unspecified atom stereocenters. The fourth-order valence-electron chi connectivity index (χ4n) is 3.24. The van der Waals surface area contributed by atoms with Crippen LogP contribution in [0.15, 0.2) is 89.8 Å². The Morgan fingerprint density at radius 2 is 1.58 bits per heavy atom. The van der Waals surface area contributed by atoms with Gasteiger partial charge in [0.2, 0.25) is 0 Å². The van der Waals surface area contributed by atoms with Crippen LogP contribution in [-0.2, 0) is 10.0 Å². The standard InChI is InChI=1S/C24H19IN2O3S/c1-16-9-14-21(22(25)15-16)24(28)26-18-10-12-19(13-11-18)31(29,30)27-23-8-4-6-17-5-2-3-7-20(17)23/h2-15,27H,1H3,(H,26,28). The van der Waals surface area contributed by atoms with Gasteiger partial charge in [-0.2, -0.15) is 0 Å². The molecule has 31 heavy (non-hydrogen) atoms. The molecule has 4 rings (SSSR count). The molecule has 0 radical (unpaired) electrons. The summed E-state index contributed by atoms with van der Waals surface area (Å²) in [6.45, 7) is 1.97. The van der Waals surface area contributed by atoms with Gasteiger partial charge in [-0.25, -0.2) is 8.42 Å². The number of rotatable bonds is 5. The van der Waals surface area contributed by atoms with E-state index in [1.54, 1.807) is 24.3 Å². The number of halogens is 1. The zero-order valence-corrected chi connectivity index (χ0v) is 19.6. The molecule has 0 heterocycles. The maximum absolute atomic E-state index is 12.9. The predicted octanol–water partition coefficient (Wildman–Crippen LogP) is 5.81. The summed E-state index contributed by atoms with van der Waals surface area (Å²) in [7, 11) is -3.78. The number of carbonyl (C=O) groups is 1. The van der Waals surface area contributed by atoms with Crippen LogP contribution >= 0.6 is 22.6 Å². The van der Waals surface area contributed by atoms with Crippen LogP contribution in [0.4, 0.5) is 11.4 Å². The molecule has 7 heteroatoms. The van der Waals surface area contributed by atoms with E-state index in [4.69, 9.17) is 0 Å². The molecule has 4 aromatic rings. The molecule has 0 saturated carbocycles. The normalized spacial score (nSPS) is 11.3. The minimum absolute atomic E-state index is 0.114. The average molecular weight is 542 g/mol. The quantitative estimate of drug-likeness (QED) is 0.313. The van der Waals surface area contributed by atoms with Gasteiger partial charge in [-0.1, -0.05) is 48.0 Å². The van der Waals surface area contributed by atoms with Crippen molar-refractivity contribution in [1.82, 2.24) is 0 Å². The zero-order valence-electron chi connectivity index (χ0n) is 16.6. The highest BCUT2D eigenvalue weighted by Gasteiger charge is 2.16. The van der Waals surface area contributed by atoms with E-state index < -0.39 is 10.0 Å². The van der Waals surface area contributed by atoms with Gasteiger partial charge in [0.25, 0.3) is 15.9 Å². The van der Waals surface area contributed by atoms with Gasteiger partial charge in [-0.15, -0.1) is 0 Å². The second kappa shape index (κ2) is 8.68. The molecule has 0 aliphatic carbocycles. The number of nitrogens with one attached hydrogen (secondary N) is 2. The highest BCUT2D eigenvalue weighted by Crippen LogP contribution is 2.26. The largest absolute Gasteiger partial charge is 0.322 e. The van der Waals surface area contributed by atoms with Crippen molar-refractivity contribution in [2.24, 2.45) is 0 Å². The number of hydrogen-bond acceptors (Lipinski definition) is 3. The molecule has 0 bridgehead atoms. The summed E-state index contributed by atoms with van der Waals surface area (Å²) in [5.74, 6) is -0.242. The van der Waals surface area contributed by atoms with E-state index in [-0.39, 0.29) is 10.8 Å². The van der Waals surface area contributed by atoms with Crippen molar-refractivity contribution >= 4 is 60.7 Å². The van der Waals surface area contributed by atoms with Crippen LogP contribution in [0.2, 0.25) is 0 Å². The van der Waals surface area contributed by atoms with Gasteiger partial charge in [0.1, 0.15) is 0 Å². The van der Waals surface area contributed by atoms with Gasteiger partial charge in [0.15, 0.2) is 0 Å². The predicted molar refractivity (Wildman–Crippen MR) is 133 cm³/mol. The van der Waals surface area contributed by atoms with Crippen molar-refractivity contribution in [2.75, 3.05) is 10.0 Å². The number of carbonyl (C=O) groups excluding carboxylic acids is 1. The minimum atomic E-state index is -3.78. The Balaban J connectivity index is 1.53. The molecule has 0 fully saturated rings. The molecule has 1 amide bonds. The first kappa shape index (κ1) is 21.3. The van der Waals surface area contributed by atoms with Crippen LogP contribution in [0.5, 0.6) is 0 Å². The molecule has 0 spiro atoms. The van der Waals surface area contributed by atoms with Gasteiger partial charge in [-0.05, 0) is 77.4 Å². The number of hydrogen-bond donors (Lipinski definition) is 2. The lowest BCUT2D eigenvalue weighted by Gasteiger charge is -2.12. The van der Waals surface area contributed by atoms with Crippen molar-refractivity contribution in [1.29, 1.82) is 0 Å². The lowest BCUT2D eigenvalue weighted by Crippen LogP contribution is -2.15. The van der Waals surface area contributed by atoms with Crippen molar-refractivity contribution in [3.63, 3.8) is 0 Å². The van der Waals surface area contributed by atoms with Gasteiger partial charge >= 0.3 is 0 Å². The SMILES string of the molecule is Cc1ccc(C(=O)Nc2ccc(S(=O)(=O)Nc3cccc4ccccc34)cc2)c(I)c1. The van der Waals surface area contributed by atoms with E-state index in [9.17, 15) is 13.2 Å². The van der Waals surface area contributed by atoms with Crippen molar-refractivity contribution in [3.8, 4) is 0 Å². The maximum atomic E-state index is 12.9. The molecule has 0 saturated heterocycles. The molecule has 156 valence electrons. The van der Waals surface area contributed by atoms with Crippen molar-refractivity contribution in [2.45, 2.75) is 11.8 Å². The smallest absolute Gasteiger partial charge is 0.261 e. The summed E-state index contributed by atoms with van der Waals surface area (Å²) in [5, 5.41) is 4.59. The molecule has 0 atom stereocenters. The van der Waals surface area contributed by atoms with E-state index in [1.165, 1.54) is 12.1 Å². The third-order valence-electron chi connectivity index (χ3n) is 4.83.